The maximum atomic E-state index is 11.7. The summed E-state index contributed by atoms with van der Waals surface area (Å²) in [6.07, 6.45) is 5.80. The molecule has 1 heterocycles. The highest BCUT2D eigenvalue weighted by Crippen LogP contribution is 2.17. The second kappa shape index (κ2) is 6.18. The number of carbonyl (C=O) groups excluding carboxylic acids is 2. The summed E-state index contributed by atoms with van der Waals surface area (Å²) in [5.41, 5.74) is 0. The number of aliphatic hydroxyl groups excluding tert-OH is 1. The first-order valence-corrected chi connectivity index (χ1v) is 6.90. The number of amides is 2. The fraction of sp³-hybridized carbons (Fsp3) is 0.846. The molecule has 2 N–H and O–H groups in total. The molecule has 0 aromatic rings. The summed E-state index contributed by atoms with van der Waals surface area (Å²) in [5, 5.41) is 12.4. The summed E-state index contributed by atoms with van der Waals surface area (Å²) in [7, 11) is 0. The number of nitrogens with one attached hydrogen (secondary N) is 1. The molecule has 102 valence electrons. The second-order valence-corrected chi connectivity index (χ2v) is 5.35. The van der Waals surface area contributed by atoms with Gasteiger partial charge in [0.25, 0.3) is 0 Å². The van der Waals surface area contributed by atoms with Crippen LogP contribution < -0.4 is 5.32 Å². The Morgan fingerprint density at radius 3 is 2.67 bits per heavy atom. The van der Waals surface area contributed by atoms with Gasteiger partial charge >= 0.3 is 0 Å². The van der Waals surface area contributed by atoms with Crippen LogP contribution in [-0.4, -0.2) is 47.1 Å². The second-order valence-electron chi connectivity index (χ2n) is 5.35. The molecular weight excluding hydrogens is 232 g/mol. The van der Waals surface area contributed by atoms with Gasteiger partial charge in [0.05, 0.1) is 12.5 Å². The van der Waals surface area contributed by atoms with E-state index in [0.29, 0.717) is 25.6 Å². The first-order valence-electron chi connectivity index (χ1n) is 6.90. The van der Waals surface area contributed by atoms with Crippen LogP contribution in [0.3, 0.4) is 0 Å². The van der Waals surface area contributed by atoms with E-state index in [9.17, 15) is 14.7 Å². The Kier molecular flexibility index (Phi) is 4.58. The summed E-state index contributed by atoms with van der Waals surface area (Å²) in [4.78, 5) is 24.7. The SMILES string of the molecule is O=C(CCN1CC(O)CC1=O)NC1CCCCC1. The lowest BCUT2D eigenvalue weighted by molar-refractivity contribution is -0.128. The molecule has 0 aromatic carbocycles. The maximum absolute atomic E-state index is 11.7. The highest BCUT2D eigenvalue weighted by Gasteiger charge is 2.28. The van der Waals surface area contributed by atoms with Gasteiger partial charge in [0.15, 0.2) is 0 Å². The highest BCUT2D eigenvalue weighted by molar-refractivity contribution is 5.81. The molecule has 2 aliphatic rings. The van der Waals surface area contributed by atoms with Crippen molar-refractivity contribution in [2.75, 3.05) is 13.1 Å². The number of hydrogen-bond acceptors (Lipinski definition) is 3. The monoisotopic (exact) mass is 254 g/mol. The first kappa shape index (κ1) is 13.3. The first-order chi connectivity index (χ1) is 8.65. The topological polar surface area (TPSA) is 69.6 Å². The number of carbonyl (C=O) groups is 2. The molecule has 0 bridgehead atoms. The summed E-state index contributed by atoms with van der Waals surface area (Å²) in [5.74, 6) is -0.0240. The number of likely N-dealkylation sites (tertiary alicyclic amines) is 1. The minimum Gasteiger partial charge on any atom is -0.391 e. The zero-order valence-electron chi connectivity index (χ0n) is 10.7. The predicted molar refractivity (Wildman–Crippen MR) is 66.8 cm³/mol. The van der Waals surface area contributed by atoms with Crippen LogP contribution in [0.4, 0.5) is 0 Å². The van der Waals surface area contributed by atoms with Crippen LogP contribution in [0.2, 0.25) is 0 Å². The molecule has 0 spiro atoms. The van der Waals surface area contributed by atoms with Gasteiger partial charge in [-0.25, -0.2) is 0 Å². The maximum Gasteiger partial charge on any atom is 0.225 e. The van der Waals surface area contributed by atoms with E-state index in [1.54, 1.807) is 4.90 Å². The molecule has 2 fully saturated rings. The fourth-order valence-electron chi connectivity index (χ4n) is 2.75. The number of β-amino-alcohol motifs (C(OH)–C–C–N with tert-alkyl or cyclic N) is 1. The van der Waals surface area contributed by atoms with Gasteiger partial charge in [0, 0.05) is 25.6 Å². The Bertz CT molecular complexity index is 313. The summed E-state index contributed by atoms with van der Waals surface area (Å²) in [6, 6.07) is 0.325. The van der Waals surface area contributed by atoms with Crippen LogP contribution in [0, 0.1) is 0 Å². The fourth-order valence-corrected chi connectivity index (χ4v) is 2.75. The van der Waals surface area contributed by atoms with Crippen molar-refractivity contribution >= 4 is 11.8 Å². The lowest BCUT2D eigenvalue weighted by Gasteiger charge is -2.23. The molecule has 5 heteroatoms. The molecule has 0 radical (unpaired) electrons. The van der Waals surface area contributed by atoms with Crippen molar-refractivity contribution in [3.8, 4) is 0 Å². The zero-order valence-corrected chi connectivity index (χ0v) is 10.7. The number of rotatable bonds is 4. The molecule has 1 unspecified atom stereocenters. The van der Waals surface area contributed by atoms with E-state index in [1.165, 1.54) is 19.3 Å². The Morgan fingerprint density at radius 1 is 1.33 bits per heavy atom. The molecule has 1 aliphatic carbocycles. The molecule has 2 amide bonds. The van der Waals surface area contributed by atoms with Gasteiger partial charge in [0.1, 0.15) is 0 Å². The third kappa shape index (κ3) is 3.70. The van der Waals surface area contributed by atoms with Gasteiger partial charge in [-0.05, 0) is 12.8 Å². The molecule has 2 rings (SSSR count). The number of aliphatic hydroxyl groups is 1. The van der Waals surface area contributed by atoms with E-state index in [2.05, 4.69) is 5.32 Å². The van der Waals surface area contributed by atoms with Crippen molar-refractivity contribution in [3.63, 3.8) is 0 Å². The quantitative estimate of drug-likeness (QED) is 0.764. The standard InChI is InChI=1S/C13H22N2O3/c16-11-8-13(18)15(9-11)7-6-12(17)14-10-4-2-1-3-5-10/h10-11,16H,1-9H2,(H,14,17). The lowest BCUT2D eigenvalue weighted by atomic mass is 9.95. The molecular formula is C13H22N2O3. The molecule has 1 saturated heterocycles. The molecule has 5 nitrogen and oxygen atoms in total. The van der Waals surface area contributed by atoms with Crippen LogP contribution in [-0.2, 0) is 9.59 Å². The van der Waals surface area contributed by atoms with Gasteiger partial charge in [-0.2, -0.15) is 0 Å². The Hall–Kier alpha value is -1.10. The third-order valence-electron chi connectivity index (χ3n) is 3.77. The number of hydrogen-bond donors (Lipinski definition) is 2. The summed E-state index contributed by atoms with van der Waals surface area (Å²) < 4.78 is 0. The zero-order chi connectivity index (χ0) is 13.0. The normalized spacial score (nSPS) is 25.5. The number of nitrogens with zero attached hydrogens (tertiary/aromatic N) is 1. The molecule has 18 heavy (non-hydrogen) atoms. The largest absolute Gasteiger partial charge is 0.391 e. The minimum atomic E-state index is -0.557. The summed E-state index contributed by atoms with van der Waals surface area (Å²) in [6.45, 7) is 0.796. The molecule has 1 atom stereocenters. The van der Waals surface area contributed by atoms with E-state index in [-0.39, 0.29) is 18.2 Å². The van der Waals surface area contributed by atoms with E-state index >= 15 is 0 Å². The van der Waals surface area contributed by atoms with E-state index in [4.69, 9.17) is 0 Å². The van der Waals surface area contributed by atoms with Crippen molar-refractivity contribution in [3.05, 3.63) is 0 Å². The predicted octanol–water partition coefficient (Wildman–Crippen LogP) is 0.419. The summed E-state index contributed by atoms with van der Waals surface area (Å²) >= 11 is 0. The van der Waals surface area contributed by atoms with Crippen molar-refractivity contribution in [2.24, 2.45) is 0 Å². The van der Waals surface area contributed by atoms with Crippen molar-refractivity contribution in [2.45, 2.75) is 57.1 Å². The van der Waals surface area contributed by atoms with Crippen LogP contribution in [0.15, 0.2) is 0 Å². The average molecular weight is 254 g/mol. The van der Waals surface area contributed by atoms with E-state index < -0.39 is 6.10 Å². The molecule has 1 saturated carbocycles. The van der Waals surface area contributed by atoms with E-state index in [1.807, 2.05) is 0 Å². The van der Waals surface area contributed by atoms with Crippen LogP contribution in [0.5, 0.6) is 0 Å². The van der Waals surface area contributed by atoms with Crippen molar-refractivity contribution in [1.82, 2.24) is 10.2 Å². The van der Waals surface area contributed by atoms with Gasteiger partial charge < -0.3 is 15.3 Å². The lowest BCUT2D eigenvalue weighted by Crippen LogP contribution is -2.38. The molecule has 0 aromatic heterocycles. The average Bonchev–Trinajstić information content (AvgIpc) is 2.66. The van der Waals surface area contributed by atoms with Gasteiger partial charge in [-0.1, -0.05) is 19.3 Å². The van der Waals surface area contributed by atoms with Crippen molar-refractivity contribution in [1.29, 1.82) is 0 Å². The van der Waals surface area contributed by atoms with E-state index in [0.717, 1.165) is 12.8 Å². The Morgan fingerprint density at radius 2 is 2.06 bits per heavy atom. The van der Waals surface area contributed by atoms with Crippen LogP contribution in [0.1, 0.15) is 44.9 Å². The smallest absolute Gasteiger partial charge is 0.225 e. The van der Waals surface area contributed by atoms with Gasteiger partial charge in [-0.3, -0.25) is 9.59 Å². The molecule has 1 aliphatic heterocycles. The van der Waals surface area contributed by atoms with Crippen LogP contribution in [0.25, 0.3) is 0 Å². The van der Waals surface area contributed by atoms with Crippen molar-refractivity contribution < 1.29 is 14.7 Å². The Labute approximate surface area is 108 Å². The van der Waals surface area contributed by atoms with Crippen LogP contribution >= 0.6 is 0 Å². The minimum absolute atomic E-state index is 0.0242. The van der Waals surface area contributed by atoms with Gasteiger partial charge in [-0.15, -0.1) is 0 Å². The van der Waals surface area contributed by atoms with Gasteiger partial charge in [0.2, 0.25) is 11.8 Å². The Balaban J connectivity index is 1.66. The highest BCUT2D eigenvalue weighted by atomic mass is 16.3. The third-order valence-corrected chi connectivity index (χ3v) is 3.77.